The van der Waals surface area contributed by atoms with Gasteiger partial charge in [0, 0.05) is 79.8 Å². The van der Waals surface area contributed by atoms with Crippen molar-refractivity contribution in [2.45, 2.75) is 178 Å². The van der Waals surface area contributed by atoms with Gasteiger partial charge in [0.2, 0.25) is 35.4 Å². The lowest BCUT2D eigenvalue weighted by molar-refractivity contribution is -0.137. The summed E-state index contributed by atoms with van der Waals surface area (Å²) in [5, 5.41) is 16.3. The van der Waals surface area contributed by atoms with E-state index in [1.165, 1.54) is 11.0 Å². The first-order valence-electron chi connectivity index (χ1n) is 38.2. The molecule has 111 heavy (non-hydrogen) atoms. The molecule has 0 saturated carbocycles. The van der Waals surface area contributed by atoms with Crippen LogP contribution in [-0.2, 0) is 77.9 Å². The monoisotopic (exact) mass is 1550 g/mol. The van der Waals surface area contributed by atoms with Crippen LogP contribution in [-0.4, -0.2) is 223 Å². The Morgan fingerprint density at radius 1 is 0.414 bits per heavy atom. The molecule has 9 rings (SSSR count). The predicted molar refractivity (Wildman–Crippen MR) is 418 cm³/mol. The van der Waals surface area contributed by atoms with Gasteiger partial charge >= 0.3 is 0 Å². The smallest absolute Gasteiger partial charge is 0.264 e. The number of benzene rings is 3. The van der Waals surface area contributed by atoms with E-state index in [9.17, 15) is 52.7 Å². The minimum Gasteiger partial charge on any atom is -0.384 e. The third-order valence-corrected chi connectivity index (χ3v) is 18.5. The number of imide groups is 3. The van der Waals surface area contributed by atoms with E-state index in [2.05, 4.69) is 107 Å². The van der Waals surface area contributed by atoms with Gasteiger partial charge in [-0.2, -0.15) is 0 Å². The molecule has 3 atom stereocenters. The summed E-state index contributed by atoms with van der Waals surface area (Å²) >= 11 is 0. The Labute approximate surface area is 653 Å². The third-order valence-electron chi connectivity index (χ3n) is 18.5. The molecule has 0 aliphatic carbocycles. The van der Waals surface area contributed by atoms with E-state index in [1.54, 1.807) is 48.5 Å². The number of piperidine rings is 3. The number of fused-ring (bicyclic) bond motifs is 3. The molecule has 0 spiro atoms. The lowest BCUT2D eigenvalue weighted by atomic mass is 9.91. The third kappa shape index (κ3) is 29.4. The molecule has 6 aliphatic rings. The number of nitrogens with zero attached hydrogens (tertiary/aromatic N) is 3. The van der Waals surface area contributed by atoms with E-state index in [0.29, 0.717) is 182 Å². The van der Waals surface area contributed by atoms with Crippen molar-refractivity contribution in [2.24, 2.45) is 16.2 Å². The van der Waals surface area contributed by atoms with Crippen LogP contribution >= 0.6 is 0 Å². The van der Waals surface area contributed by atoms with Gasteiger partial charge in [-0.15, -0.1) is 0 Å². The first-order chi connectivity index (χ1) is 52.4. The van der Waals surface area contributed by atoms with E-state index in [-0.39, 0.29) is 110 Å². The molecule has 6 aliphatic heterocycles. The summed E-state index contributed by atoms with van der Waals surface area (Å²) in [7, 11) is 0. The van der Waals surface area contributed by atoms with Crippen LogP contribution in [0.25, 0.3) is 0 Å². The second-order valence-electron chi connectivity index (χ2n) is 31.1. The van der Waals surface area contributed by atoms with Gasteiger partial charge < -0.3 is 74.1 Å². The Hall–Kier alpha value is -8.65. The Kier molecular flexibility index (Phi) is 37.1. The molecule has 6 N–H and O–H groups in total. The molecule has 3 aromatic rings. The fourth-order valence-electron chi connectivity index (χ4n) is 12.4. The molecule has 11 amide bonds. The minimum atomic E-state index is -0.910. The second-order valence-corrected chi connectivity index (χ2v) is 31.1. The maximum absolute atomic E-state index is 13.1. The standard InChI is InChI=1S/C28H41N3O6.C27H37N3O7.C26H37N3O7.CH4/c1-20-10-11-23(25(32)30-20)31-26(33)21-8-5-9-22(24(21)27(31)34)29-13-7-15-36-17-19-37-18-16-35-14-6-12-28(2,3)4;1-18-8-9-21(24(32)28-18)30-25(33)19-6-5-7-20(23(19)26(30)34)29-22(31)10-12-35-14-16-37-17-15-36-13-11-27(2,3)4;1-26(2,3)10-12-35-14-16-36-15-13-34-11-9-23(31)27-20-6-4-5-18-19(20)17-29(25(18)33)21-7-8-22(30)28-24(21)32;/h5,8-9,23,29H,1,6-7,10-19H2,2-4H3,(H,30,32);5-7,21H,1,8-17H2,2-4H3,(H,28,32)(H,29,31);4-6,21H,7-17H2,1-3H3,(H,27,31)(H,28,30,32);1H4. The van der Waals surface area contributed by atoms with Gasteiger partial charge in [0.05, 0.1) is 133 Å². The van der Waals surface area contributed by atoms with Crippen LogP contribution in [0.1, 0.15) is 211 Å². The van der Waals surface area contributed by atoms with Crippen molar-refractivity contribution in [1.82, 2.24) is 30.7 Å². The molecule has 612 valence electrons. The molecule has 6 heterocycles. The largest absolute Gasteiger partial charge is 0.384 e. The van der Waals surface area contributed by atoms with Crippen LogP contribution in [0.15, 0.2) is 79.1 Å². The molecule has 29 nitrogen and oxygen atoms in total. The van der Waals surface area contributed by atoms with Crippen molar-refractivity contribution >= 4 is 82.0 Å². The van der Waals surface area contributed by atoms with Gasteiger partial charge in [-0.1, -0.05) is 101 Å². The average Bonchev–Trinajstić information content (AvgIpc) is 1.62. The Balaban J connectivity index is 0.000000259. The Morgan fingerprint density at radius 2 is 0.784 bits per heavy atom. The molecule has 29 heteroatoms. The van der Waals surface area contributed by atoms with Gasteiger partial charge in [-0.3, -0.25) is 67.9 Å². The second kappa shape index (κ2) is 45.1. The normalized spacial score (nSPS) is 17.6. The van der Waals surface area contributed by atoms with Crippen molar-refractivity contribution < 1.29 is 95.4 Å². The summed E-state index contributed by atoms with van der Waals surface area (Å²) < 4.78 is 49.7. The van der Waals surface area contributed by atoms with Gasteiger partial charge in [-0.05, 0) is 117 Å². The number of allylic oxidation sites excluding steroid dienone is 2. The molecule has 0 radical (unpaired) electrons. The van der Waals surface area contributed by atoms with Crippen molar-refractivity contribution in [3.63, 3.8) is 0 Å². The van der Waals surface area contributed by atoms with Crippen molar-refractivity contribution in [1.29, 1.82) is 0 Å². The number of carbonyl (C=O) groups is 11. The number of hydrogen-bond donors (Lipinski definition) is 6. The molecule has 0 bridgehead atoms. The van der Waals surface area contributed by atoms with Crippen molar-refractivity contribution in [3.05, 3.63) is 113 Å². The molecular weight excluding hydrogens is 1430 g/mol. The summed E-state index contributed by atoms with van der Waals surface area (Å²) in [6.07, 6.45) is 7.31. The maximum Gasteiger partial charge on any atom is 0.264 e. The fourth-order valence-corrected chi connectivity index (χ4v) is 12.4. The number of amides is 11. The van der Waals surface area contributed by atoms with Crippen LogP contribution in [0.5, 0.6) is 0 Å². The number of hydrogen-bond acceptors (Lipinski definition) is 21. The quantitative estimate of drug-likeness (QED) is 0.0227. The van der Waals surface area contributed by atoms with Crippen LogP contribution in [0.2, 0.25) is 0 Å². The number of ether oxygens (including phenoxy) is 9. The zero-order chi connectivity index (χ0) is 80.0. The highest BCUT2D eigenvalue weighted by Crippen LogP contribution is 2.36. The zero-order valence-electron chi connectivity index (χ0n) is 65.7. The maximum atomic E-state index is 13.1. The summed E-state index contributed by atoms with van der Waals surface area (Å²) in [5.41, 5.74) is 5.38. The number of rotatable bonds is 41. The lowest BCUT2D eigenvalue weighted by Gasteiger charge is -2.29. The number of nitrogens with one attached hydrogen (secondary N) is 6. The first kappa shape index (κ1) is 91.2. The summed E-state index contributed by atoms with van der Waals surface area (Å²) in [4.78, 5) is 142. The summed E-state index contributed by atoms with van der Waals surface area (Å²) in [5.74, 6) is -4.50. The fraction of sp³-hybridized carbons (Fsp3) is 0.598. The predicted octanol–water partition coefficient (Wildman–Crippen LogP) is 9.54. The van der Waals surface area contributed by atoms with Gasteiger partial charge in [0.15, 0.2) is 0 Å². The highest BCUT2D eigenvalue weighted by molar-refractivity contribution is 6.26. The first-order valence-corrected chi connectivity index (χ1v) is 38.2. The molecule has 3 fully saturated rings. The Bertz CT molecular complexity index is 3710. The number of carbonyl (C=O) groups excluding carboxylic acids is 11. The van der Waals surface area contributed by atoms with E-state index >= 15 is 0 Å². The highest BCUT2D eigenvalue weighted by atomic mass is 16.6. The number of anilines is 3. The van der Waals surface area contributed by atoms with E-state index in [1.807, 2.05) is 0 Å². The summed E-state index contributed by atoms with van der Waals surface area (Å²) in [6.45, 7) is 36.9. The van der Waals surface area contributed by atoms with Crippen LogP contribution in [0.3, 0.4) is 0 Å². The highest BCUT2D eigenvalue weighted by Gasteiger charge is 2.47. The topological polar surface area (TPSA) is 353 Å². The van der Waals surface area contributed by atoms with Gasteiger partial charge in [0.25, 0.3) is 29.5 Å². The molecule has 3 aromatic carbocycles. The van der Waals surface area contributed by atoms with Crippen LogP contribution in [0, 0.1) is 16.2 Å². The van der Waals surface area contributed by atoms with Crippen molar-refractivity contribution in [2.75, 3.05) is 141 Å². The zero-order valence-corrected chi connectivity index (χ0v) is 65.7. The van der Waals surface area contributed by atoms with Gasteiger partial charge in [-0.25, -0.2) is 0 Å². The van der Waals surface area contributed by atoms with E-state index in [0.717, 1.165) is 48.5 Å². The SMILES string of the molecule is C.C=C1CCC(N2C(=O)c3cccc(NC(=O)CCOCCOCCOCCC(C)(C)C)c3C2=O)C(=O)N1.C=C1CCC(N2C(=O)c3cccc(NCCCOCCOCCOCCCC(C)(C)C)c3C2=O)C(=O)N1.CC(C)(C)CCOCCOCCOCCC(=O)Nc1cccc2c1CN(C1CCC(=O)NC1=O)C2=O. The molecule has 3 unspecified atom stereocenters. The van der Waals surface area contributed by atoms with E-state index in [4.69, 9.17) is 42.6 Å². The minimum absolute atomic E-state index is 0. The van der Waals surface area contributed by atoms with Crippen molar-refractivity contribution in [3.8, 4) is 0 Å². The van der Waals surface area contributed by atoms with Gasteiger partial charge in [0.1, 0.15) is 18.1 Å². The molecule has 3 saturated heterocycles. The molecular formula is C82H119N9O20. The Morgan fingerprint density at radius 3 is 1.23 bits per heavy atom. The average molecular weight is 1550 g/mol. The lowest BCUT2D eigenvalue weighted by Crippen LogP contribution is -2.52. The molecule has 0 aromatic heterocycles. The van der Waals surface area contributed by atoms with Crippen LogP contribution in [0.4, 0.5) is 17.1 Å². The summed E-state index contributed by atoms with van der Waals surface area (Å²) in [6, 6.07) is 12.5. The van der Waals surface area contributed by atoms with Crippen LogP contribution < -0.4 is 31.9 Å². The van der Waals surface area contributed by atoms with E-state index < -0.39 is 53.6 Å².